The number of rotatable bonds is 9. The number of terminal acetylenes is 1. The van der Waals surface area contributed by atoms with Crippen molar-refractivity contribution in [1.82, 2.24) is 10.6 Å². The Bertz CT molecular complexity index is 641. The molecule has 0 bridgehead atoms. The van der Waals surface area contributed by atoms with Crippen LogP contribution in [0.2, 0.25) is 0 Å². The highest BCUT2D eigenvalue weighted by molar-refractivity contribution is 5.84. The van der Waals surface area contributed by atoms with Crippen molar-refractivity contribution < 1.29 is 29.0 Å². The second-order valence-electron chi connectivity index (χ2n) is 5.35. The Kier molecular flexibility index (Phi) is 9.28. The van der Waals surface area contributed by atoms with Crippen LogP contribution in [0, 0.1) is 12.3 Å². The highest BCUT2D eigenvalue weighted by Crippen LogP contribution is 2.01. The van der Waals surface area contributed by atoms with E-state index in [0.717, 1.165) is 5.56 Å². The van der Waals surface area contributed by atoms with Gasteiger partial charge in [-0.3, -0.25) is 4.79 Å². The Labute approximate surface area is 151 Å². The number of esters is 1. The van der Waals surface area contributed by atoms with Gasteiger partial charge >= 0.3 is 12.1 Å². The lowest BCUT2D eigenvalue weighted by Gasteiger charge is -2.16. The van der Waals surface area contributed by atoms with Gasteiger partial charge in [-0.05, 0) is 5.56 Å². The minimum absolute atomic E-state index is 0.0292. The van der Waals surface area contributed by atoms with Crippen LogP contribution in [0.3, 0.4) is 0 Å². The molecule has 0 aromatic heterocycles. The number of alkyl carbamates (subject to hydrolysis) is 1. The molecule has 26 heavy (non-hydrogen) atoms. The third kappa shape index (κ3) is 8.17. The first-order chi connectivity index (χ1) is 12.5. The lowest BCUT2D eigenvalue weighted by Crippen LogP contribution is -2.43. The second kappa shape index (κ2) is 11.5. The molecule has 8 nitrogen and oxygen atoms in total. The average molecular weight is 362 g/mol. The van der Waals surface area contributed by atoms with Crippen molar-refractivity contribution in [3.8, 4) is 12.3 Å². The van der Waals surface area contributed by atoms with Crippen LogP contribution in [-0.4, -0.2) is 48.9 Å². The number of hydrogen-bond donors (Lipinski definition) is 3. The normalized spacial score (nSPS) is 12.2. The van der Waals surface area contributed by atoms with E-state index in [0.29, 0.717) is 0 Å². The van der Waals surface area contributed by atoms with E-state index < -0.39 is 30.1 Å². The van der Waals surface area contributed by atoms with Crippen LogP contribution < -0.4 is 10.6 Å². The van der Waals surface area contributed by atoms with E-state index in [4.69, 9.17) is 11.2 Å². The summed E-state index contributed by atoms with van der Waals surface area (Å²) in [5.41, 5.74) is 0.824. The Morgan fingerprint density at radius 2 is 1.96 bits per heavy atom. The van der Waals surface area contributed by atoms with Crippen molar-refractivity contribution in [1.29, 1.82) is 0 Å². The first kappa shape index (κ1) is 21.0. The minimum atomic E-state index is -1.15. The van der Waals surface area contributed by atoms with Crippen molar-refractivity contribution in [3.63, 3.8) is 0 Å². The standard InChI is InChI=1S/C18H22N2O6/c1-3-7-15(17(23)25-2)20-16(22)10-14(21)11-19-18(24)26-12-13-8-5-4-6-9-13/h1,4-6,8-9,14-15,21H,7,10-12H2,2H3,(H,19,24)(H,20,22)/t14-,15-/m1/s1. The molecule has 140 valence electrons. The third-order valence-electron chi connectivity index (χ3n) is 3.26. The molecule has 0 unspecified atom stereocenters. The monoisotopic (exact) mass is 362 g/mol. The maximum Gasteiger partial charge on any atom is 0.407 e. The molecular formula is C18H22N2O6. The number of amides is 2. The summed E-state index contributed by atoms with van der Waals surface area (Å²) in [6, 6.07) is 8.12. The molecule has 0 aliphatic heterocycles. The molecule has 1 aromatic carbocycles. The predicted octanol–water partition coefficient (Wildman–Crippen LogP) is 0.345. The lowest BCUT2D eigenvalue weighted by atomic mass is 10.2. The highest BCUT2D eigenvalue weighted by Gasteiger charge is 2.22. The molecule has 1 aromatic rings. The molecule has 2 atom stereocenters. The lowest BCUT2D eigenvalue weighted by molar-refractivity contribution is -0.145. The highest BCUT2D eigenvalue weighted by atomic mass is 16.5. The summed E-state index contributed by atoms with van der Waals surface area (Å²) in [5.74, 6) is 0.990. The van der Waals surface area contributed by atoms with Gasteiger partial charge in [-0.25, -0.2) is 9.59 Å². The van der Waals surface area contributed by atoms with E-state index in [1.54, 1.807) is 12.1 Å². The van der Waals surface area contributed by atoms with Crippen molar-refractivity contribution in [2.45, 2.75) is 31.6 Å². The molecule has 8 heteroatoms. The van der Waals surface area contributed by atoms with Crippen molar-refractivity contribution >= 4 is 18.0 Å². The number of methoxy groups -OCH3 is 1. The van der Waals surface area contributed by atoms with E-state index in [2.05, 4.69) is 21.3 Å². The second-order valence-corrected chi connectivity index (χ2v) is 5.35. The van der Waals surface area contributed by atoms with Gasteiger partial charge in [-0.1, -0.05) is 30.3 Å². The number of benzene rings is 1. The number of carbonyl (C=O) groups excluding carboxylic acids is 3. The van der Waals surface area contributed by atoms with Crippen LogP contribution >= 0.6 is 0 Å². The van der Waals surface area contributed by atoms with Gasteiger partial charge in [0.1, 0.15) is 12.6 Å². The Morgan fingerprint density at radius 1 is 1.27 bits per heavy atom. The zero-order chi connectivity index (χ0) is 19.4. The van der Waals surface area contributed by atoms with Crippen LogP contribution in [0.1, 0.15) is 18.4 Å². The first-order valence-corrected chi connectivity index (χ1v) is 7.89. The third-order valence-corrected chi connectivity index (χ3v) is 3.26. The molecule has 3 N–H and O–H groups in total. The van der Waals surface area contributed by atoms with E-state index >= 15 is 0 Å². The zero-order valence-corrected chi connectivity index (χ0v) is 14.4. The molecule has 1 rings (SSSR count). The van der Waals surface area contributed by atoms with E-state index in [1.165, 1.54) is 7.11 Å². The van der Waals surface area contributed by atoms with E-state index in [1.807, 2.05) is 18.2 Å². The van der Waals surface area contributed by atoms with Gasteiger partial charge in [0, 0.05) is 13.0 Å². The maximum absolute atomic E-state index is 11.8. The van der Waals surface area contributed by atoms with Crippen LogP contribution in [-0.2, 0) is 25.7 Å². The minimum Gasteiger partial charge on any atom is -0.467 e. The summed E-state index contributed by atoms with van der Waals surface area (Å²) in [6.45, 7) is -0.0881. The molecule has 2 amide bonds. The summed E-state index contributed by atoms with van der Waals surface area (Å²) in [4.78, 5) is 34.9. The summed E-state index contributed by atoms with van der Waals surface area (Å²) < 4.78 is 9.51. The largest absolute Gasteiger partial charge is 0.467 e. The summed E-state index contributed by atoms with van der Waals surface area (Å²) >= 11 is 0. The number of aliphatic hydroxyl groups is 1. The van der Waals surface area contributed by atoms with Gasteiger partial charge in [0.15, 0.2) is 0 Å². The quantitative estimate of drug-likeness (QED) is 0.431. The summed E-state index contributed by atoms with van der Waals surface area (Å²) in [5, 5.41) is 14.5. The number of aliphatic hydroxyl groups excluding tert-OH is 1. The summed E-state index contributed by atoms with van der Waals surface area (Å²) in [7, 11) is 1.18. The number of carbonyl (C=O) groups is 3. The average Bonchev–Trinajstić information content (AvgIpc) is 2.64. The molecule has 0 spiro atoms. The van der Waals surface area contributed by atoms with Gasteiger partial charge in [0.2, 0.25) is 5.91 Å². The van der Waals surface area contributed by atoms with Gasteiger partial charge in [0.05, 0.1) is 19.6 Å². The van der Waals surface area contributed by atoms with E-state index in [9.17, 15) is 19.5 Å². The Hall–Kier alpha value is -3.05. The predicted molar refractivity (Wildman–Crippen MR) is 92.7 cm³/mol. The van der Waals surface area contributed by atoms with Crippen LogP contribution in [0.5, 0.6) is 0 Å². The van der Waals surface area contributed by atoms with Gasteiger partial charge in [-0.15, -0.1) is 12.3 Å². The van der Waals surface area contributed by atoms with Gasteiger partial charge < -0.3 is 25.2 Å². The molecule has 0 aliphatic rings. The van der Waals surface area contributed by atoms with Gasteiger partial charge in [-0.2, -0.15) is 0 Å². The number of nitrogens with one attached hydrogen (secondary N) is 2. The fourth-order valence-electron chi connectivity index (χ4n) is 1.97. The molecular weight excluding hydrogens is 340 g/mol. The fourth-order valence-corrected chi connectivity index (χ4v) is 1.97. The van der Waals surface area contributed by atoms with Crippen molar-refractivity contribution in [3.05, 3.63) is 35.9 Å². The first-order valence-electron chi connectivity index (χ1n) is 7.89. The van der Waals surface area contributed by atoms with Crippen LogP contribution in [0.25, 0.3) is 0 Å². The molecule has 0 radical (unpaired) electrons. The summed E-state index contributed by atoms with van der Waals surface area (Å²) in [6.07, 6.45) is 2.91. The maximum atomic E-state index is 11.8. The topological polar surface area (TPSA) is 114 Å². The Morgan fingerprint density at radius 3 is 2.58 bits per heavy atom. The van der Waals surface area contributed by atoms with Crippen molar-refractivity contribution in [2.75, 3.05) is 13.7 Å². The van der Waals surface area contributed by atoms with Crippen LogP contribution in [0.4, 0.5) is 4.79 Å². The smallest absolute Gasteiger partial charge is 0.407 e. The number of ether oxygens (including phenoxy) is 2. The number of hydrogen-bond acceptors (Lipinski definition) is 6. The Balaban J connectivity index is 2.30. The fraction of sp³-hybridized carbons (Fsp3) is 0.389. The molecule has 0 saturated carbocycles. The molecule has 0 heterocycles. The van der Waals surface area contributed by atoms with E-state index in [-0.39, 0.29) is 26.0 Å². The zero-order valence-electron chi connectivity index (χ0n) is 14.4. The van der Waals surface area contributed by atoms with Gasteiger partial charge in [0.25, 0.3) is 0 Å². The van der Waals surface area contributed by atoms with Crippen LogP contribution in [0.15, 0.2) is 30.3 Å². The van der Waals surface area contributed by atoms with Crippen molar-refractivity contribution in [2.24, 2.45) is 0 Å². The SMILES string of the molecule is C#CC[C@@H](NC(=O)C[C@@H](O)CNC(=O)OCc1ccccc1)C(=O)OC. The molecule has 0 saturated heterocycles. The molecule has 0 fully saturated rings. The molecule has 0 aliphatic carbocycles.